The molecule has 13 rings (SSSR count). The molecule has 8 bridgehead atoms. The molecule has 0 N–H and O–H groups in total. The number of carbonyl (C=O) groups excluding carboxylic acids is 8. The maximum absolute atomic E-state index is 12.7. The van der Waals surface area contributed by atoms with Gasteiger partial charge in [0.25, 0.3) is 0 Å². The van der Waals surface area contributed by atoms with Crippen molar-refractivity contribution in [1.82, 2.24) is 19.9 Å². The van der Waals surface area contributed by atoms with Gasteiger partial charge in [0, 0.05) is 117 Å². The topological polar surface area (TPSA) is 338 Å². The normalized spacial score (nSPS) is 11.3. The van der Waals surface area contributed by atoms with Crippen LogP contribution in [-0.4, -0.2) is 163 Å². The van der Waals surface area contributed by atoms with Gasteiger partial charge in [0.1, 0.15) is 46.0 Å². The Morgan fingerprint density at radius 1 is 0.217 bits per heavy atom. The molecule has 0 aliphatic carbocycles. The molecule has 3 aromatic heterocycles. The minimum absolute atomic E-state index is 0. The van der Waals surface area contributed by atoms with Gasteiger partial charge >= 0.3 is 68.2 Å². The van der Waals surface area contributed by atoms with Gasteiger partial charge in [-0.05, 0) is 250 Å². The number of esters is 8. The molecular weight excluding hydrogens is 1750 g/mol. The monoisotopic (exact) mass is 1850 g/mol. The second-order valence-corrected chi connectivity index (χ2v) is 30.2. The van der Waals surface area contributed by atoms with Gasteiger partial charge in [0.2, 0.25) is 0 Å². The third kappa shape index (κ3) is 24.2. The smallest absolute Gasteiger partial charge is 0.657 e. The number of aromatic nitrogens is 4. The Balaban J connectivity index is 0.0000151. The molecule has 2 aliphatic rings. The summed E-state index contributed by atoms with van der Waals surface area (Å²) in [6, 6.07) is 38.4. The van der Waals surface area contributed by atoms with Crippen LogP contribution in [0.25, 0.3) is 132 Å². The van der Waals surface area contributed by atoms with E-state index in [0.717, 1.165) is 0 Å². The molecule has 11 aromatic rings. The minimum Gasteiger partial charge on any atom is -0.657 e. The van der Waals surface area contributed by atoms with E-state index in [-0.39, 0.29) is 225 Å². The third-order valence-electron chi connectivity index (χ3n) is 21.3. The summed E-state index contributed by atoms with van der Waals surface area (Å²) < 4.78 is 95.6. The van der Waals surface area contributed by atoms with Crippen LogP contribution >= 0.6 is 0 Å². The first-order valence-electron chi connectivity index (χ1n) is 44.4. The van der Waals surface area contributed by atoms with Gasteiger partial charge in [0.15, 0.2) is 0 Å². The van der Waals surface area contributed by atoms with Gasteiger partial charge in [-0.15, -0.1) is 22.1 Å². The van der Waals surface area contributed by atoms with Crippen molar-refractivity contribution in [3.63, 3.8) is 0 Å². The minimum atomic E-state index is -0.350. The number of hydrogen-bond donors (Lipinski definition) is 0. The summed E-state index contributed by atoms with van der Waals surface area (Å²) in [6.07, 6.45) is 3.76. The van der Waals surface area contributed by atoms with Crippen molar-refractivity contribution < 1.29 is 135 Å². The summed E-state index contributed by atoms with van der Waals surface area (Å²) in [5, 5.41) is 7.75. The van der Waals surface area contributed by atoms with E-state index in [9.17, 15) is 38.4 Å². The largest absolute Gasteiger partial charge is 2.00 e. The SMILES string of the molecule is CCOC(=O)CCCOc1ccc(OCCCC(=O)OCC)c2cc3c(cc12)-c1cc2[n-]c(cc4nc(cc5[n-]c(cc-3n1)c1cc3c(OCCCC(=O)OCC)ccc(OCCCC(=O)OCC)c3cc51)-c1cc3c(OCCCC(=O)OCC)ccc(OCCCC(=O)OCC)c3cc1-4)c1cc3c(OCCCC(=O)OCC)ccc(OCCCC(=O)OCC)c3cc21.[Pd+2]. The number of hydrogen-bond acceptors (Lipinski definition) is 26. The predicted octanol–water partition coefficient (Wildman–Crippen LogP) is 18.9. The molecule has 0 unspecified atom stereocenters. The van der Waals surface area contributed by atoms with Crippen LogP contribution < -0.4 is 47.9 Å². The average Bonchev–Trinajstić information content (AvgIpc) is 1.57. The van der Waals surface area contributed by atoms with Crippen molar-refractivity contribution in [3.05, 3.63) is 121 Å². The van der Waals surface area contributed by atoms with Gasteiger partial charge in [-0.1, -0.05) is 0 Å². The van der Waals surface area contributed by atoms with E-state index in [0.29, 0.717) is 229 Å². The molecule has 0 fully saturated rings. The zero-order chi connectivity index (χ0) is 90.0. The summed E-state index contributed by atoms with van der Waals surface area (Å²) in [5.74, 6) is 1.05. The molecule has 0 amide bonds. The zero-order valence-corrected chi connectivity index (χ0v) is 75.6. The average molecular weight is 1860 g/mol. The molecule has 29 heteroatoms. The Bertz CT molecular complexity index is 5380. The number of nitrogens with zero attached hydrogens (tertiary/aromatic N) is 4. The maximum atomic E-state index is 12.7. The third-order valence-corrected chi connectivity index (χ3v) is 21.3. The van der Waals surface area contributed by atoms with Crippen LogP contribution in [0, 0.1) is 0 Å². The molecule has 5 heterocycles. The molecule has 28 nitrogen and oxygen atoms in total. The Kier molecular flexibility index (Phi) is 34.6. The number of fused-ring (bicyclic) bond motifs is 24. The molecule has 0 saturated heterocycles. The second kappa shape index (κ2) is 46.8. The summed E-state index contributed by atoms with van der Waals surface area (Å²) >= 11 is 0. The molecule has 0 radical (unpaired) electrons. The molecular formula is C100H108N4O24Pd. The van der Waals surface area contributed by atoms with Gasteiger partial charge in [-0.3, -0.25) is 38.4 Å². The molecule has 129 heavy (non-hydrogen) atoms. The van der Waals surface area contributed by atoms with Crippen molar-refractivity contribution in [2.24, 2.45) is 0 Å². The van der Waals surface area contributed by atoms with Crippen LogP contribution in [0.3, 0.4) is 0 Å². The molecule has 0 saturated carbocycles. The molecule has 0 atom stereocenters. The van der Waals surface area contributed by atoms with Crippen LogP contribution in [0.5, 0.6) is 46.0 Å². The van der Waals surface area contributed by atoms with Crippen LogP contribution in [0.1, 0.15) is 158 Å². The number of benzene rings is 8. The van der Waals surface area contributed by atoms with E-state index < -0.39 is 0 Å². The first kappa shape index (κ1) is 95.4. The summed E-state index contributed by atoms with van der Waals surface area (Å²) in [4.78, 5) is 124. The molecule has 0 spiro atoms. The van der Waals surface area contributed by atoms with Crippen molar-refractivity contribution in [2.45, 2.75) is 158 Å². The van der Waals surface area contributed by atoms with Crippen LogP contribution in [-0.2, 0) is 96.7 Å². The van der Waals surface area contributed by atoms with E-state index >= 15 is 0 Å². The van der Waals surface area contributed by atoms with Gasteiger partial charge in [-0.25, -0.2) is 9.97 Å². The van der Waals surface area contributed by atoms with Gasteiger partial charge < -0.3 is 85.8 Å². The Morgan fingerprint density at radius 2 is 0.364 bits per heavy atom. The first-order valence-corrected chi connectivity index (χ1v) is 44.4. The molecule has 2 aliphatic heterocycles. The number of rotatable bonds is 48. The fourth-order valence-electron chi connectivity index (χ4n) is 15.5. The van der Waals surface area contributed by atoms with Crippen LogP contribution in [0.2, 0.25) is 0 Å². The van der Waals surface area contributed by atoms with E-state index in [4.69, 9.17) is 95.7 Å². The standard InChI is InChI=1S/C100H108N4O24.Pd/c1-9-113-93(105)25-17-41-121-85-33-34-86(122-42-18-26-94(106)114-10-2)70-50-62-61(49-69(70)85)77-57-79-63-51-71-72(88(124-44-20-28-96(108)116-12-4)36-35-87(71)123-43-19-27-95(107)115-11-3)52-64(63)81(102-79)59-83-67-55-75-76(92(128-48-24-32-100(112)120-16-8)40-39-91(75)127-47-23-31-99(111)119-15-7)56-68(67)84(104-83)60-82-66-54-74-73(53-65(66)80(103-82)58-78(62)101-77)89(125-45-21-29-97(109)117-13-5)37-38-90(74)126-46-22-30-98(110)118-14-6;/h33-40,49-60H,9-32,41-48H2,1-8H3;/q-2;+2. The number of ether oxygens (including phenoxy) is 16. The summed E-state index contributed by atoms with van der Waals surface area (Å²) in [5.41, 5.74) is 6.46. The fraction of sp³-hybridized carbons (Fsp3) is 0.400. The molecule has 682 valence electrons. The van der Waals surface area contributed by atoms with E-state index in [1.165, 1.54) is 0 Å². The van der Waals surface area contributed by atoms with E-state index in [1.54, 1.807) is 55.4 Å². The van der Waals surface area contributed by atoms with E-state index in [1.807, 2.05) is 121 Å². The fourth-order valence-corrected chi connectivity index (χ4v) is 15.5. The Hall–Kier alpha value is -12.7. The summed E-state index contributed by atoms with van der Waals surface area (Å²) in [6.45, 7) is 17.2. The predicted molar refractivity (Wildman–Crippen MR) is 484 cm³/mol. The molecule has 8 aromatic carbocycles. The Morgan fingerprint density at radius 3 is 0.512 bits per heavy atom. The van der Waals surface area contributed by atoms with Crippen LogP contribution in [0.15, 0.2) is 121 Å². The van der Waals surface area contributed by atoms with Crippen molar-refractivity contribution in [1.29, 1.82) is 0 Å². The zero-order valence-electron chi connectivity index (χ0n) is 74.1. The first-order chi connectivity index (χ1) is 62.4. The van der Waals surface area contributed by atoms with E-state index in [2.05, 4.69) is 0 Å². The van der Waals surface area contributed by atoms with Crippen molar-refractivity contribution in [3.8, 4) is 91.0 Å². The summed E-state index contributed by atoms with van der Waals surface area (Å²) in [7, 11) is 0. The van der Waals surface area contributed by atoms with Crippen molar-refractivity contribution in [2.75, 3.05) is 106 Å². The Labute approximate surface area is 760 Å². The van der Waals surface area contributed by atoms with Gasteiger partial charge in [-0.2, -0.15) is 0 Å². The van der Waals surface area contributed by atoms with Gasteiger partial charge in [0.05, 0.1) is 128 Å². The van der Waals surface area contributed by atoms with Crippen LogP contribution in [0.4, 0.5) is 0 Å². The quantitative estimate of drug-likeness (QED) is 0.0148. The maximum Gasteiger partial charge on any atom is 2.00 e. The van der Waals surface area contributed by atoms with Crippen molar-refractivity contribution >= 4 is 134 Å². The number of carbonyl (C=O) groups is 8. The second-order valence-electron chi connectivity index (χ2n) is 30.2.